The van der Waals surface area contributed by atoms with Gasteiger partial charge < -0.3 is 5.32 Å². The van der Waals surface area contributed by atoms with Crippen LogP contribution in [-0.4, -0.2) is 31.7 Å². The number of thiophene rings is 1. The first-order chi connectivity index (χ1) is 13.6. The molecule has 1 fully saturated rings. The van der Waals surface area contributed by atoms with Crippen molar-refractivity contribution >= 4 is 27.3 Å². The number of nitrogens with zero attached hydrogens (tertiary/aromatic N) is 1. The molecule has 1 aliphatic heterocycles. The van der Waals surface area contributed by atoms with Crippen LogP contribution in [0.2, 0.25) is 0 Å². The standard InChI is InChI=1S/C18H18F4N2O3S2/c19-14-4-3-13(15(10-14)18(20,21)22)11-23-17(25)12-5-7-24(8-6-12)29(26,27)16-2-1-9-28-16/h1-4,9-10,12H,5-8,11H2,(H,23,25). The molecule has 29 heavy (non-hydrogen) atoms. The second kappa shape index (κ2) is 8.41. The molecule has 0 aliphatic carbocycles. The SMILES string of the molecule is O=C(NCc1ccc(F)cc1C(F)(F)F)C1CCN(S(=O)(=O)c2cccs2)CC1. The third-order valence-corrected chi connectivity index (χ3v) is 8.02. The lowest BCUT2D eigenvalue weighted by Gasteiger charge is -2.30. The zero-order valence-corrected chi connectivity index (χ0v) is 16.7. The lowest BCUT2D eigenvalue weighted by Crippen LogP contribution is -2.42. The lowest BCUT2D eigenvalue weighted by molar-refractivity contribution is -0.138. The van der Waals surface area contributed by atoms with Gasteiger partial charge in [-0.25, -0.2) is 12.8 Å². The van der Waals surface area contributed by atoms with E-state index < -0.39 is 39.4 Å². The summed E-state index contributed by atoms with van der Waals surface area (Å²) < 4.78 is 78.8. The Hall–Kier alpha value is -1.98. The number of piperidine rings is 1. The highest BCUT2D eigenvalue weighted by Gasteiger charge is 2.35. The highest BCUT2D eigenvalue weighted by molar-refractivity contribution is 7.91. The van der Waals surface area contributed by atoms with Crippen LogP contribution in [0, 0.1) is 11.7 Å². The Morgan fingerprint density at radius 2 is 1.90 bits per heavy atom. The van der Waals surface area contributed by atoms with Crippen molar-refractivity contribution in [2.45, 2.75) is 29.8 Å². The van der Waals surface area contributed by atoms with Crippen LogP contribution in [-0.2, 0) is 27.5 Å². The molecule has 0 saturated carbocycles. The van der Waals surface area contributed by atoms with E-state index in [1.54, 1.807) is 11.4 Å². The predicted molar refractivity (Wildman–Crippen MR) is 99.1 cm³/mol. The van der Waals surface area contributed by atoms with Gasteiger partial charge in [-0.2, -0.15) is 17.5 Å². The van der Waals surface area contributed by atoms with E-state index in [1.165, 1.54) is 10.4 Å². The number of halogens is 4. The molecule has 158 valence electrons. The van der Waals surface area contributed by atoms with Crippen LogP contribution in [0.4, 0.5) is 17.6 Å². The molecular formula is C18H18F4N2O3S2. The Bertz CT molecular complexity index is 967. The molecule has 11 heteroatoms. The first-order valence-electron chi connectivity index (χ1n) is 8.76. The predicted octanol–water partition coefficient (Wildman–Crippen LogP) is 3.62. The second-order valence-corrected chi connectivity index (χ2v) is 9.74. The maximum Gasteiger partial charge on any atom is 0.416 e. The summed E-state index contributed by atoms with van der Waals surface area (Å²) in [6, 6.07) is 5.46. The van der Waals surface area contributed by atoms with Gasteiger partial charge in [-0.05, 0) is 42.0 Å². The van der Waals surface area contributed by atoms with Crippen molar-refractivity contribution < 1.29 is 30.8 Å². The number of rotatable bonds is 5. The normalized spacial score (nSPS) is 16.7. The molecule has 1 aromatic carbocycles. The quantitative estimate of drug-likeness (QED) is 0.708. The van der Waals surface area contributed by atoms with Gasteiger partial charge in [-0.3, -0.25) is 4.79 Å². The van der Waals surface area contributed by atoms with Crippen molar-refractivity contribution in [3.63, 3.8) is 0 Å². The summed E-state index contributed by atoms with van der Waals surface area (Å²) in [5.74, 6) is -1.96. The van der Waals surface area contributed by atoms with Crippen LogP contribution in [0.5, 0.6) is 0 Å². The third-order valence-electron chi connectivity index (χ3n) is 4.74. The monoisotopic (exact) mass is 450 g/mol. The van der Waals surface area contributed by atoms with Crippen molar-refractivity contribution in [3.8, 4) is 0 Å². The molecule has 1 aromatic heterocycles. The fourth-order valence-electron chi connectivity index (χ4n) is 3.19. The van der Waals surface area contributed by atoms with Gasteiger partial charge in [0.1, 0.15) is 10.0 Å². The molecule has 0 spiro atoms. The van der Waals surface area contributed by atoms with E-state index in [-0.39, 0.29) is 42.2 Å². The largest absolute Gasteiger partial charge is 0.416 e. The molecule has 2 heterocycles. The Morgan fingerprint density at radius 1 is 1.21 bits per heavy atom. The first-order valence-corrected chi connectivity index (χ1v) is 11.1. The van der Waals surface area contributed by atoms with Gasteiger partial charge in [0.15, 0.2) is 0 Å². The maximum atomic E-state index is 13.2. The number of amides is 1. The maximum absolute atomic E-state index is 13.2. The van der Waals surface area contributed by atoms with E-state index >= 15 is 0 Å². The molecule has 1 saturated heterocycles. The molecule has 1 aliphatic rings. The molecule has 0 radical (unpaired) electrons. The van der Waals surface area contributed by atoms with Gasteiger partial charge in [-0.1, -0.05) is 12.1 Å². The smallest absolute Gasteiger partial charge is 0.352 e. The molecule has 3 rings (SSSR count). The topological polar surface area (TPSA) is 66.5 Å². The van der Waals surface area contributed by atoms with Gasteiger partial charge in [0.2, 0.25) is 5.91 Å². The number of nitrogens with one attached hydrogen (secondary N) is 1. The first kappa shape index (κ1) is 21.7. The average Bonchev–Trinajstić information content (AvgIpc) is 3.22. The summed E-state index contributed by atoms with van der Waals surface area (Å²) in [6.45, 7) is -0.0764. The molecule has 0 bridgehead atoms. The van der Waals surface area contributed by atoms with Gasteiger partial charge in [0.05, 0.1) is 5.56 Å². The second-order valence-electron chi connectivity index (χ2n) is 6.63. The summed E-state index contributed by atoms with van der Waals surface area (Å²) in [5.41, 5.74) is -1.36. The van der Waals surface area contributed by atoms with Gasteiger partial charge in [0, 0.05) is 25.6 Å². The number of benzene rings is 1. The van der Waals surface area contributed by atoms with E-state index in [1.807, 2.05) is 0 Å². The summed E-state index contributed by atoms with van der Waals surface area (Å²) >= 11 is 1.11. The van der Waals surface area contributed by atoms with Crippen molar-refractivity contribution in [3.05, 3.63) is 52.7 Å². The Morgan fingerprint density at radius 3 is 2.48 bits per heavy atom. The fourth-order valence-corrected chi connectivity index (χ4v) is 5.80. The molecule has 0 unspecified atom stereocenters. The molecule has 0 atom stereocenters. The minimum atomic E-state index is -4.73. The van der Waals surface area contributed by atoms with Crippen LogP contribution in [0.25, 0.3) is 0 Å². The number of hydrogen-bond donors (Lipinski definition) is 1. The van der Waals surface area contributed by atoms with Crippen molar-refractivity contribution in [2.75, 3.05) is 13.1 Å². The molecular weight excluding hydrogens is 432 g/mol. The van der Waals surface area contributed by atoms with Crippen molar-refractivity contribution in [1.29, 1.82) is 0 Å². The van der Waals surface area contributed by atoms with Crippen molar-refractivity contribution in [2.24, 2.45) is 5.92 Å². The number of alkyl halides is 3. The minimum absolute atomic E-state index is 0.155. The lowest BCUT2D eigenvalue weighted by atomic mass is 9.97. The molecule has 1 amide bonds. The molecule has 5 nitrogen and oxygen atoms in total. The van der Waals surface area contributed by atoms with Crippen molar-refractivity contribution in [1.82, 2.24) is 9.62 Å². The van der Waals surface area contributed by atoms with E-state index in [9.17, 15) is 30.8 Å². The van der Waals surface area contributed by atoms with Crippen LogP contribution in [0.1, 0.15) is 24.0 Å². The zero-order valence-electron chi connectivity index (χ0n) is 15.1. The third kappa shape index (κ3) is 4.96. The number of hydrogen-bond acceptors (Lipinski definition) is 4. The van der Waals surface area contributed by atoms with E-state index in [0.717, 1.165) is 23.5 Å². The van der Waals surface area contributed by atoms with Crippen LogP contribution < -0.4 is 5.32 Å². The fraction of sp³-hybridized carbons (Fsp3) is 0.389. The summed E-state index contributed by atoms with van der Waals surface area (Å²) in [7, 11) is -3.59. The Balaban J connectivity index is 1.59. The Labute approximate surface area is 169 Å². The minimum Gasteiger partial charge on any atom is -0.352 e. The van der Waals surface area contributed by atoms with Gasteiger partial charge in [0.25, 0.3) is 10.0 Å². The number of sulfonamides is 1. The van der Waals surface area contributed by atoms with E-state index in [2.05, 4.69) is 5.32 Å². The summed E-state index contributed by atoms with van der Waals surface area (Å²) in [5, 5.41) is 4.12. The molecule has 2 aromatic rings. The van der Waals surface area contributed by atoms with E-state index in [4.69, 9.17) is 0 Å². The van der Waals surface area contributed by atoms with Crippen LogP contribution in [0.3, 0.4) is 0 Å². The Kier molecular flexibility index (Phi) is 6.30. The van der Waals surface area contributed by atoms with Gasteiger partial charge >= 0.3 is 6.18 Å². The number of carbonyl (C=O) groups is 1. The number of carbonyl (C=O) groups excluding carboxylic acids is 1. The van der Waals surface area contributed by atoms with Crippen LogP contribution >= 0.6 is 11.3 Å². The molecule has 1 N–H and O–H groups in total. The summed E-state index contributed by atoms with van der Waals surface area (Å²) in [4.78, 5) is 12.4. The summed E-state index contributed by atoms with van der Waals surface area (Å²) in [6.07, 6.45) is -4.19. The van der Waals surface area contributed by atoms with Crippen LogP contribution in [0.15, 0.2) is 39.9 Å². The zero-order chi connectivity index (χ0) is 21.2. The van der Waals surface area contributed by atoms with Gasteiger partial charge in [-0.15, -0.1) is 11.3 Å². The highest BCUT2D eigenvalue weighted by atomic mass is 32.2. The average molecular weight is 450 g/mol. The van der Waals surface area contributed by atoms with E-state index in [0.29, 0.717) is 6.07 Å². The highest BCUT2D eigenvalue weighted by Crippen LogP contribution is 2.32.